The van der Waals surface area contributed by atoms with E-state index in [0.29, 0.717) is 22.1 Å². The molecule has 1 heterocycles. The molecule has 0 spiro atoms. The maximum Gasteiger partial charge on any atom is 0.227 e. The van der Waals surface area contributed by atoms with Crippen molar-refractivity contribution in [3.8, 4) is 17.6 Å². The molecule has 1 atom stereocenters. The molecule has 0 aliphatic carbocycles. The maximum atomic E-state index is 12.1. The number of para-hydroxylation sites is 1. The smallest absolute Gasteiger partial charge is 0.227 e. The van der Waals surface area contributed by atoms with Gasteiger partial charge in [0.15, 0.2) is 0 Å². The van der Waals surface area contributed by atoms with E-state index in [1.807, 2.05) is 54.6 Å². The van der Waals surface area contributed by atoms with Gasteiger partial charge in [0.05, 0.1) is 22.4 Å². The third-order valence-electron chi connectivity index (χ3n) is 3.95. The highest BCUT2D eigenvalue weighted by molar-refractivity contribution is 8.03. The Morgan fingerprint density at radius 2 is 1.96 bits per heavy atom. The molecule has 0 saturated carbocycles. The van der Waals surface area contributed by atoms with Gasteiger partial charge in [0.2, 0.25) is 11.8 Å². The lowest BCUT2D eigenvalue weighted by molar-refractivity contribution is -0.121. The van der Waals surface area contributed by atoms with E-state index in [-0.39, 0.29) is 18.1 Å². The topological polar surface area (TPSA) is 105 Å². The zero-order chi connectivity index (χ0) is 19.2. The van der Waals surface area contributed by atoms with Crippen LogP contribution in [0.5, 0.6) is 11.5 Å². The van der Waals surface area contributed by atoms with Gasteiger partial charge >= 0.3 is 0 Å². The summed E-state index contributed by atoms with van der Waals surface area (Å²) in [5, 5.41) is 12.7. The number of carbonyl (C=O) groups is 2. The summed E-state index contributed by atoms with van der Waals surface area (Å²) < 4.78 is 5.85. The van der Waals surface area contributed by atoms with Gasteiger partial charge in [-0.05, 0) is 29.8 Å². The molecule has 1 aliphatic rings. The average molecular weight is 379 g/mol. The molecule has 0 fully saturated rings. The SMILES string of the molecule is N#CC1=C(SCC(N)=O)NC(=O)CC1c1cccc(Oc2ccccc2)c1. The van der Waals surface area contributed by atoms with Crippen molar-refractivity contribution in [1.82, 2.24) is 5.32 Å². The van der Waals surface area contributed by atoms with Crippen LogP contribution in [0, 0.1) is 11.3 Å². The number of amides is 2. The van der Waals surface area contributed by atoms with Crippen LogP contribution in [0.1, 0.15) is 17.9 Å². The number of rotatable bonds is 6. The minimum Gasteiger partial charge on any atom is -0.457 e. The fourth-order valence-corrected chi connectivity index (χ4v) is 3.60. The number of hydrogen-bond donors (Lipinski definition) is 2. The fourth-order valence-electron chi connectivity index (χ4n) is 2.78. The zero-order valence-electron chi connectivity index (χ0n) is 14.3. The first kappa shape index (κ1) is 18.5. The number of nitrogens with one attached hydrogen (secondary N) is 1. The Morgan fingerprint density at radius 1 is 1.22 bits per heavy atom. The summed E-state index contributed by atoms with van der Waals surface area (Å²) in [7, 11) is 0. The van der Waals surface area contributed by atoms with Crippen LogP contribution in [0.2, 0.25) is 0 Å². The molecule has 0 bridgehead atoms. The Balaban J connectivity index is 1.90. The summed E-state index contributed by atoms with van der Waals surface area (Å²) in [6.45, 7) is 0. The number of nitrogens with zero attached hydrogens (tertiary/aromatic N) is 1. The molecule has 0 saturated heterocycles. The molecule has 2 aromatic rings. The van der Waals surface area contributed by atoms with E-state index in [4.69, 9.17) is 10.5 Å². The quantitative estimate of drug-likeness (QED) is 0.802. The van der Waals surface area contributed by atoms with Crippen molar-refractivity contribution in [1.29, 1.82) is 5.26 Å². The summed E-state index contributed by atoms with van der Waals surface area (Å²) in [6, 6.07) is 18.8. The van der Waals surface area contributed by atoms with Gasteiger partial charge < -0.3 is 15.8 Å². The normalized spacial score (nSPS) is 16.4. The number of carbonyl (C=O) groups excluding carboxylic acids is 2. The van der Waals surface area contributed by atoms with Gasteiger partial charge in [-0.1, -0.05) is 42.1 Å². The van der Waals surface area contributed by atoms with Gasteiger partial charge in [-0.2, -0.15) is 5.26 Å². The zero-order valence-corrected chi connectivity index (χ0v) is 15.2. The predicted octanol–water partition coefficient (Wildman–Crippen LogP) is 3.04. The van der Waals surface area contributed by atoms with E-state index in [0.717, 1.165) is 17.3 Å². The first-order valence-corrected chi connectivity index (χ1v) is 9.23. The first-order valence-electron chi connectivity index (χ1n) is 8.25. The molecule has 1 aliphatic heterocycles. The molecule has 0 aromatic heterocycles. The molecule has 3 N–H and O–H groups in total. The lowest BCUT2D eigenvalue weighted by Crippen LogP contribution is -2.31. The first-order chi connectivity index (χ1) is 13.1. The highest BCUT2D eigenvalue weighted by atomic mass is 32.2. The van der Waals surface area contributed by atoms with Crippen LogP contribution >= 0.6 is 11.8 Å². The Labute approximate surface area is 161 Å². The number of nitrogens with two attached hydrogens (primary N) is 1. The van der Waals surface area contributed by atoms with E-state index in [2.05, 4.69) is 11.4 Å². The summed E-state index contributed by atoms with van der Waals surface area (Å²) in [5.41, 5.74) is 6.39. The number of primary amides is 1. The number of thioether (sulfide) groups is 1. The Bertz CT molecular complexity index is 935. The van der Waals surface area contributed by atoms with E-state index < -0.39 is 11.8 Å². The standard InChI is InChI=1S/C20H17N3O3S/c21-11-17-16(10-19(25)23-20(17)27-12-18(22)24)13-5-4-8-15(9-13)26-14-6-2-1-3-7-14/h1-9,16H,10,12H2,(H2,22,24)(H,23,25). The summed E-state index contributed by atoms with van der Waals surface area (Å²) in [6.07, 6.45) is 0.151. The van der Waals surface area contributed by atoms with E-state index in [9.17, 15) is 14.9 Å². The lowest BCUT2D eigenvalue weighted by atomic mass is 9.87. The van der Waals surface area contributed by atoms with Crippen LogP contribution in [0.4, 0.5) is 0 Å². The average Bonchev–Trinajstić information content (AvgIpc) is 2.67. The Kier molecular flexibility index (Phi) is 5.79. The van der Waals surface area contributed by atoms with Gasteiger partial charge in [0, 0.05) is 12.3 Å². The second kappa shape index (κ2) is 8.43. The van der Waals surface area contributed by atoms with Crippen LogP contribution in [0.3, 0.4) is 0 Å². The summed E-state index contributed by atoms with van der Waals surface area (Å²) in [4.78, 5) is 23.2. The minimum atomic E-state index is -0.514. The maximum absolute atomic E-state index is 12.1. The number of benzene rings is 2. The van der Waals surface area contributed by atoms with Crippen molar-refractivity contribution in [3.05, 3.63) is 70.8 Å². The number of ether oxygens (including phenoxy) is 1. The van der Waals surface area contributed by atoms with Crippen molar-refractivity contribution < 1.29 is 14.3 Å². The molecule has 0 radical (unpaired) electrons. The molecule has 136 valence electrons. The molecule has 7 heteroatoms. The van der Waals surface area contributed by atoms with Crippen LogP contribution in [0.15, 0.2) is 65.2 Å². The highest BCUT2D eigenvalue weighted by Crippen LogP contribution is 2.37. The van der Waals surface area contributed by atoms with Crippen molar-refractivity contribution >= 4 is 23.6 Å². The third kappa shape index (κ3) is 4.68. The van der Waals surface area contributed by atoms with Gasteiger partial charge in [-0.25, -0.2) is 0 Å². The number of hydrogen-bond acceptors (Lipinski definition) is 5. The van der Waals surface area contributed by atoms with E-state index in [1.54, 1.807) is 0 Å². The van der Waals surface area contributed by atoms with Crippen molar-refractivity contribution in [2.45, 2.75) is 12.3 Å². The lowest BCUT2D eigenvalue weighted by Gasteiger charge is -2.25. The molecule has 2 aromatic carbocycles. The minimum absolute atomic E-state index is 0.00925. The van der Waals surface area contributed by atoms with E-state index in [1.165, 1.54) is 0 Å². The molecule has 2 amide bonds. The van der Waals surface area contributed by atoms with Gasteiger partial charge in [-0.3, -0.25) is 9.59 Å². The molecule has 3 rings (SSSR count). The highest BCUT2D eigenvalue weighted by Gasteiger charge is 2.30. The van der Waals surface area contributed by atoms with Crippen LogP contribution in [-0.4, -0.2) is 17.6 Å². The molecule has 6 nitrogen and oxygen atoms in total. The van der Waals surface area contributed by atoms with Crippen molar-refractivity contribution in [3.63, 3.8) is 0 Å². The largest absolute Gasteiger partial charge is 0.457 e. The van der Waals surface area contributed by atoms with Gasteiger partial charge in [0.25, 0.3) is 0 Å². The molecular weight excluding hydrogens is 362 g/mol. The van der Waals surface area contributed by atoms with Crippen LogP contribution in [-0.2, 0) is 9.59 Å². The second-order valence-corrected chi connectivity index (χ2v) is 6.89. The van der Waals surface area contributed by atoms with Crippen molar-refractivity contribution in [2.24, 2.45) is 5.73 Å². The Morgan fingerprint density at radius 3 is 2.67 bits per heavy atom. The van der Waals surface area contributed by atoms with E-state index >= 15 is 0 Å². The molecule has 1 unspecified atom stereocenters. The number of allylic oxidation sites excluding steroid dienone is 1. The monoisotopic (exact) mass is 379 g/mol. The van der Waals surface area contributed by atoms with Crippen LogP contribution < -0.4 is 15.8 Å². The summed E-state index contributed by atoms with van der Waals surface area (Å²) in [5.74, 6) is 0.182. The van der Waals surface area contributed by atoms with Crippen molar-refractivity contribution in [2.75, 3.05) is 5.75 Å². The fraction of sp³-hybridized carbons (Fsp3) is 0.150. The van der Waals surface area contributed by atoms with Gasteiger partial charge in [-0.15, -0.1) is 0 Å². The summed E-state index contributed by atoms with van der Waals surface area (Å²) >= 11 is 1.07. The third-order valence-corrected chi connectivity index (χ3v) is 4.99. The van der Waals surface area contributed by atoms with Crippen LogP contribution in [0.25, 0.3) is 0 Å². The van der Waals surface area contributed by atoms with Gasteiger partial charge in [0.1, 0.15) is 11.5 Å². The predicted molar refractivity (Wildman–Crippen MR) is 103 cm³/mol. The molecular formula is C20H17N3O3S. The molecule has 27 heavy (non-hydrogen) atoms. The Hall–Kier alpha value is -3.24. The second-order valence-electron chi connectivity index (χ2n) is 5.90. The number of nitriles is 1.